The molecule has 16 heavy (non-hydrogen) atoms. The molecule has 0 aliphatic heterocycles. The minimum atomic E-state index is 0.480. The molecule has 1 aromatic heterocycles. The van der Waals surface area contributed by atoms with Gasteiger partial charge in [-0.1, -0.05) is 42.8 Å². The van der Waals surface area contributed by atoms with Crippen LogP contribution in [-0.2, 0) is 6.42 Å². The van der Waals surface area contributed by atoms with E-state index in [0.29, 0.717) is 5.92 Å². The van der Waals surface area contributed by atoms with Crippen LogP contribution in [0.5, 0.6) is 0 Å². The van der Waals surface area contributed by atoms with Gasteiger partial charge in [0.05, 0.1) is 5.52 Å². The second-order valence-electron chi connectivity index (χ2n) is 4.38. The van der Waals surface area contributed by atoms with Gasteiger partial charge in [-0.05, 0) is 36.1 Å². The fraction of sp³-hybridized carbons (Fsp3) is 0.357. The number of hydrogen-bond donors (Lipinski definition) is 0. The Morgan fingerprint density at radius 1 is 1.25 bits per heavy atom. The first-order valence-electron chi connectivity index (χ1n) is 5.71. The molecule has 2 rings (SSSR count). The molecule has 0 spiro atoms. The smallest absolute Gasteiger partial charge is 0.0719 e. The number of hydrogen-bond acceptors (Lipinski definition) is 1. The Morgan fingerprint density at radius 2 is 2.00 bits per heavy atom. The van der Waals surface area contributed by atoms with Crippen LogP contribution in [0.2, 0.25) is 0 Å². The Hall–Kier alpha value is -0.890. The Bertz CT molecular complexity index is 517. The Kier molecular flexibility index (Phi) is 3.29. The van der Waals surface area contributed by atoms with Crippen LogP contribution in [0.4, 0.5) is 0 Å². The van der Waals surface area contributed by atoms with Crippen LogP contribution in [0.15, 0.2) is 28.7 Å². The number of benzene rings is 1. The summed E-state index contributed by atoms with van der Waals surface area (Å²) in [4.78, 5) is 4.71. The summed E-state index contributed by atoms with van der Waals surface area (Å²) in [7, 11) is 0. The van der Waals surface area contributed by atoms with Gasteiger partial charge >= 0.3 is 0 Å². The van der Waals surface area contributed by atoms with Gasteiger partial charge in [-0.3, -0.25) is 4.98 Å². The van der Waals surface area contributed by atoms with Crippen LogP contribution in [-0.4, -0.2) is 4.98 Å². The minimum absolute atomic E-state index is 0.480. The largest absolute Gasteiger partial charge is 0.253 e. The van der Waals surface area contributed by atoms with Gasteiger partial charge in [-0.2, -0.15) is 0 Å². The van der Waals surface area contributed by atoms with Gasteiger partial charge in [0.15, 0.2) is 0 Å². The Labute approximate surface area is 105 Å². The molecule has 1 heterocycles. The van der Waals surface area contributed by atoms with E-state index in [-0.39, 0.29) is 0 Å². The third-order valence-corrected chi connectivity index (χ3v) is 3.34. The van der Waals surface area contributed by atoms with Crippen LogP contribution in [0.1, 0.15) is 37.9 Å². The van der Waals surface area contributed by atoms with Gasteiger partial charge < -0.3 is 0 Å². The number of aryl methyl sites for hydroxylation is 1. The molecule has 0 atom stereocenters. The molecule has 0 unspecified atom stereocenters. The first-order valence-corrected chi connectivity index (χ1v) is 6.50. The molecule has 2 heteroatoms. The molecule has 84 valence electrons. The van der Waals surface area contributed by atoms with Gasteiger partial charge in [0.1, 0.15) is 0 Å². The summed E-state index contributed by atoms with van der Waals surface area (Å²) >= 11 is 3.50. The summed E-state index contributed by atoms with van der Waals surface area (Å²) in [6, 6.07) is 8.56. The number of aromatic nitrogens is 1. The van der Waals surface area contributed by atoms with Crippen molar-refractivity contribution in [3.8, 4) is 0 Å². The summed E-state index contributed by atoms with van der Waals surface area (Å²) in [5, 5.41) is 1.27. The number of pyridine rings is 1. The van der Waals surface area contributed by atoms with Crippen molar-refractivity contribution in [2.24, 2.45) is 0 Å². The quantitative estimate of drug-likeness (QED) is 0.777. The van der Waals surface area contributed by atoms with E-state index in [1.165, 1.54) is 16.6 Å². The highest BCUT2D eigenvalue weighted by Gasteiger charge is 2.07. The van der Waals surface area contributed by atoms with Gasteiger partial charge in [0, 0.05) is 15.6 Å². The van der Waals surface area contributed by atoms with E-state index in [0.717, 1.165) is 16.4 Å². The lowest BCUT2D eigenvalue weighted by Crippen LogP contribution is -1.96. The van der Waals surface area contributed by atoms with Crippen LogP contribution < -0.4 is 0 Å². The average Bonchev–Trinajstić information content (AvgIpc) is 2.26. The molecule has 0 saturated heterocycles. The summed E-state index contributed by atoms with van der Waals surface area (Å²) in [6.07, 6.45) is 1.06. The lowest BCUT2D eigenvalue weighted by Gasteiger charge is -2.10. The molecule has 0 bridgehead atoms. The van der Waals surface area contributed by atoms with Crippen molar-refractivity contribution < 1.29 is 0 Å². The number of rotatable bonds is 2. The maximum atomic E-state index is 4.71. The van der Waals surface area contributed by atoms with Gasteiger partial charge in [-0.25, -0.2) is 0 Å². The van der Waals surface area contributed by atoms with Gasteiger partial charge in [0.2, 0.25) is 0 Å². The van der Waals surface area contributed by atoms with Crippen molar-refractivity contribution >= 4 is 26.8 Å². The zero-order chi connectivity index (χ0) is 11.7. The number of fused-ring (bicyclic) bond motifs is 1. The maximum absolute atomic E-state index is 4.71. The molecule has 0 fully saturated rings. The number of halogens is 1. The topological polar surface area (TPSA) is 12.9 Å². The second kappa shape index (κ2) is 4.54. The minimum Gasteiger partial charge on any atom is -0.253 e. The van der Waals surface area contributed by atoms with Crippen molar-refractivity contribution in [1.29, 1.82) is 0 Å². The third kappa shape index (κ3) is 2.12. The van der Waals surface area contributed by atoms with Crippen molar-refractivity contribution in [1.82, 2.24) is 4.98 Å². The molecular weight excluding hydrogens is 262 g/mol. The predicted octanol–water partition coefficient (Wildman–Crippen LogP) is 4.68. The van der Waals surface area contributed by atoms with Crippen molar-refractivity contribution in [3.05, 3.63) is 40.0 Å². The lowest BCUT2D eigenvalue weighted by atomic mass is 10.0. The summed E-state index contributed by atoms with van der Waals surface area (Å²) in [5.41, 5.74) is 3.67. The maximum Gasteiger partial charge on any atom is 0.0719 e. The van der Waals surface area contributed by atoms with E-state index in [2.05, 4.69) is 61.0 Å². The monoisotopic (exact) mass is 277 g/mol. The summed E-state index contributed by atoms with van der Waals surface area (Å²) < 4.78 is 1.09. The molecule has 0 aliphatic rings. The molecule has 0 saturated carbocycles. The molecule has 0 radical (unpaired) electrons. The number of nitrogens with zero attached hydrogens (tertiary/aromatic N) is 1. The van der Waals surface area contributed by atoms with Crippen LogP contribution >= 0.6 is 15.9 Å². The van der Waals surface area contributed by atoms with E-state index in [1.807, 2.05) is 0 Å². The normalized spacial score (nSPS) is 11.3. The molecular formula is C14H16BrN. The fourth-order valence-electron chi connectivity index (χ4n) is 1.88. The molecule has 0 amide bonds. The van der Waals surface area contributed by atoms with E-state index < -0.39 is 0 Å². The highest BCUT2D eigenvalue weighted by atomic mass is 79.9. The van der Waals surface area contributed by atoms with Crippen molar-refractivity contribution in [3.63, 3.8) is 0 Å². The molecule has 0 N–H and O–H groups in total. The first-order chi connectivity index (χ1) is 7.61. The zero-order valence-electron chi connectivity index (χ0n) is 9.92. The van der Waals surface area contributed by atoms with Crippen LogP contribution in [0.3, 0.4) is 0 Å². The van der Waals surface area contributed by atoms with Crippen LogP contribution in [0, 0.1) is 0 Å². The van der Waals surface area contributed by atoms with Crippen molar-refractivity contribution in [2.75, 3.05) is 0 Å². The lowest BCUT2D eigenvalue weighted by molar-refractivity contribution is 0.826. The standard InChI is InChI=1S/C14H16BrN/c1-4-10-7-13(9(2)3)16-14-8-11(15)5-6-12(10)14/h5-9H,4H2,1-3H3. The molecule has 1 aromatic carbocycles. The first kappa shape index (κ1) is 11.6. The molecule has 0 aliphatic carbocycles. The summed E-state index contributed by atoms with van der Waals surface area (Å²) in [5.74, 6) is 0.480. The Morgan fingerprint density at radius 3 is 2.62 bits per heavy atom. The van der Waals surface area contributed by atoms with Crippen molar-refractivity contribution in [2.45, 2.75) is 33.1 Å². The summed E-state index contributed by atoms with van der Waals surface area (Å²) in [6.45, 7) is 6.57. The molecule has 1 nitrogen and oxygen atoms in total. The average molecular weight is 278 g/mol. The fourth-order valence-corrected chi connectivity index (χ4v) is 2.23. The third-order valence-electron chi connectivity index (χ3n) is 2.85. The second-order valence-corrected chi connectivity index (χ2v) is 5.29. The highest BCUT2D eigenvalue weighted by molar-refractivity contribution is 9.10. The molecule has 2 aromatic rings. The van der Waals surface area contributed by atoms with E-state index in [4.69, 9.17) is 4.98 Å². The predicted molar refractivity (Wildman–Crippen MR) is 72.9 cm³/mol. The highest BCUT2D eigenvalue weighted by Crippen LogP contribution is 2.25. The van der Waals surface area contributed by atoms with E-state index in [9.17, 15) is 0 Å². The van der Waals surface area contributed by atoms with Gasteiger partial charge in [-0.15, -0.1) is 0 Å². The Balaban J connectivity index is 2.73. The zero-order valence-corrected chi connectivity index (χ0v) is 11.5. The van der Waals surface area contributed by atoms with Crippen LogP contribution in [0.25, 0.3) is 10.9 Å². The SMILES string of the molecule is CCc1cc(C(C)C)nc2cc(Br)ccc12. The van der Waals surface area contributed by atoms with Gasteiger partial charge in [0.25, 0.3) is 0 Å². The van der Waals surface area contributed by atoms with E-state index in [1.54, 1.807) is 0 Å². The van der Waals surface area contributed by atoms with E-state index >= 15 is 0 Å².